The number of aryl methyl sites for hydroxylation is 1. The summed E-state index contributed by atoms with van der Waals surface area (Å²) in [6, 6.07) is 6.33. The number of hydrogen-bond acceptors (Lipinski definition) is 6. The molecule has 1 aliphatic carbocycles. The van der Waals surface area contributed by atoms with E-state index in [1.807, 2.05) is 23.5 Å². The second-order valence-corrected chi connectivity index (χ2v) is 8.37. The molecule has 0 atom stereocenters. The van der Waals surface area contributed by atoms with E-state index in [1.165, 1.54) is 31.0 Å². The fraction of sp³-hybridized carbons (Fsp3) is 0.450. The van der Waals surface area contributed by atoms with Gasteiger partial charge in [0.25, 0.3) is 0 Å². The van der Waals surface area contributed by atoms with Crippen LogP contribution in [0.2, 0.25) is 0 Å². The summed E-state index contributed by atoms with van der Waals surface area (Å²) in [5.74, 6) is 1.86. The number of carbonyl (C=O) groups excluding carboxylic acids is 1. The van der Waals surface area contributed by atoms with Gasteiger partial charge >= 0.3 is 0 Å². The SMILES string of the molecule is Cc1cc2cc3c(cc2n2c(SCC(=O)NC4CCCCC4)nnc12)OCO3. The van der Waals surface area contributed by atoms with Crippen molar-refractivity contribution in [2.24, 2.45) is 0 Å². The van der Waals surface area contributed by atoms with Crippen molar-refractivity contribution in [3.8, 4) is 11.5 Å². The van der Waals surface area contributed by atoms with E-state index in [2.05, 4.69) is 21.6 Å². The highest BCUT2D eigenvalue weighted by Crippen LogP contribution is 2.37. The van der Waals surface area contributed by atoms with Gasteiger partial charge in [0.15, 0.2) is 22.3 Å². The summed E-state index contributed by atoms with van der Waals surface area (Å²) in [6.07, 6.45) is 5.85. The monoisotopic (exact) mass is 398 g/mol. The number of nitrogens with zero attached hydrogens (tertiary/aromatic N) is 3. The first-order chi connectivity index (χ1) is 13.7. The predicted molar refractivity (Wildman–Crippen MR) is 107 cm³/mol. The maximum Gasteiger partial charge on any atom is 0.231 e. The minimum atomic E-state index is 0.0585. The number of hydrogen-bond donors (Lipinski definition) is 1. The molecule has 1 aromatic carbocycles. The van der Waals surface area contributed by atoms with Crippen molar-refractivity contribution in [2.75, 3.05) is 12.5 Å². The minimum Gasteiger partial charge on any atom is -0.454 e. The van der Waals surface area contributed by atoms with Crippen LogP contribution in [-0.2, 0) is 4.79 Å². The van der Waals surface area contributed by atoms with Gasteiger partial charge in [-0.25, -0.2) is 0 Å². The van der Waals surface area contributed by atoms with E-state index in [-0.39, 0.29) is 12.7 Å². The highest BCUT2D eigenvalue weighted by atomic mass is 32.2. The van der Waals surface area contributed by atoms with Gasteiger partial charge < -0.3 is 14.8 Å². The van der Waals surface area contributed by atoms with E-state index >= 15 is 0 Å². The largest absolute Gasteiger partial charge is 0.454 e. The van der Waals surface area contributed by atoms with Crippen LogP contribution in [0.3, 0.4) is 0 Å². The molecule has 3 heterocycles. The molecule has 1 N–H and O–H groups in total. The van der Waals surface area contributed by atoms with Gasteiger partial charge in [-0.15, -0.1) is 10.2 Å². The van der Waals surface area contributed by atoms with Crippen molar-refractivity contribution in [3.05, 3.63) is 23.8 Å². The fourth-order valence-electron chi connectivity index (χ4n) is 4.04. The first kappa shape index (κ1) is 17.6. The van der Waals surface area contributed by atoms with Crippen molar-refractivity contribution in [1.82, 2.24) is 19.9 Å². The Morgan fingerprint density at radius 1 is 1.18 bits per heavy atom. The summed E-state index contributed by atoms with van der Waals surface area (Å²) in [4.78, 5) is 12.4. The lowest BCUT2D eigenvalue weighted by Crippen LogP contribution is -2.37. The molecule has 7 nitrogen and oxygen atoms in total. The zero-order valence-corrected chi connectivity index (χ0v) is 16.6. The Morgan fingerprint density at radius 3 is 2.79 bits per heavy atom. The van der Waals surface area contributed by atoms with Gasteiger partial charge in [-0.3, -0.25) is 9.20 Å². The summed E-state index contributed by atoms with van der Waals surface area (Å²) in [7, 11) is 0. The summed E-state index contributed by atoms with van der Waals surface area (Å²) in [5.41, 5.74) is 2.77. The van der Waals surface area contributed by atoms with Crippen molar-refractivity contribution in [1.29, 1.82) is 0 Å². The van der Waals surface area contributed by atoms with Crippen LogP contribution < -0.4 is 14.8 Å². The number of fused-ring (bicyclic) bond motifs is 4. The molecule has 3 aromatic rings. The molecule has 1 saturated carbocycles. The third-order valence-electron chi connectivity index (χ3n) is 5.42. The summed E-state index contributed by atoms with van der Waals surface area (Å²) in [5, 5.41) is 13.6. The number of carbonyl (C=O) groups is 1. The van der Waals surface area contributed by atoms with Crippen LogP contribution in [0.15, 0.2) is 23.4 Å². The highest BCUT2D eigenvalue weighted by molar-refractivity contribution is 7.99. The van der Waals surface area contributed by atoms with Gasteiger partial charge in [-0.1, -0.05) is 31.0 Å². The average molecular weight is 398 g/mol. The number of rotatable bonds is 4. The third-order valence-corrected chi connectivity index (χ3v) is 6.35. The quantitative estimate of drug-likeness (QED) is 0.678. The average Bonchev–Trinajstić information content (AvgIpc) is 3.33. The lowest BCUT2D eigenvalue weighted by molar-refractivity contribution is -0.119. The van der Waals surface area contributed by atoms with E-state index in [4.69, 9.17) is 9.47 Å². The molecule has 0 spiro atoms. The van der Waals surface area contributed by atoms with Crippen molar-refractivity contribution >= 4 is 34.2 Å². The Balaban J connectivity index is 1.43. The minimum absolute atomic E-state index is 0.0585. The van der Waals surface area contributed by atoms with Crippen molar-refractivity contribution in [2.45, 2.75) is 50.2 Å². The molecule has 28 heavy (non-hydrogen) atoms. The lowest BCUT2D eigenvalue weighted by Gasteiger charge is -2.22. The smallest absolute Gasteiger partial charge is 0.231 e. The number of thioether (sulfide) groups is 1. The molecular weight excluding hydrogens is 376 g/mol. The van der Waals surface area contributed by atoms with Gasteiger partial charge in [0, 0.05) is 17.5 Å². The molecule has 5 rings (SSSR count). The number of nitrogens with one attached hydrogen (secondary N) is 1. The van der Waals surface area contributed by atoms with Crippen LogP contribution >= 0.6 is 11.8 Å². The van der Waals surface area contributed by atoms with Crippen LogP contribution in [-0.4, -0.2) is 39.1 Å². The van der Waals surface area contributed by atoms with Crippen LogP contribution in [0.1, 0.15) is 37.7 Å². The van der Waals surface area contributed by atoms with Gasteiger partial charge in [0.2, 0.25) is 12.7 Å². The first-order valence-electron chi connectivity index (χ1n) is 9.69. The van der Waals surface area contributed by atoms with Gasteiger partial charge in [-0.05, 0) is 37.5 Å². The maximum atomic E-state index is 12.4. The third kappa shape index (κ3) is 3.15. The first-order valence-corrected chi connectivity index (χ1v) is 10.7. The molecule has 8 heteroatoms. The van der Waals surface area contributed by atoms with Gasteiger partial charge in [-0.2, -0.15) is 0 Å². The number of aromatic nitrogens is 3. The summed E-state index contributed by atoms with van der Waals surface area (Å²) >= 11 is 1.42. The van der Waals surface area contributed by atoms with E-state index in [1.54, 1.807) is 0 Å². The molecule has 0 bridgehead atoms. The van der Waals surface area contributed by atoms with E-state index in [0.717, 1.165) is 46.5 Å². The molecule has 1 aliphatic heterocycles. The highest BCUT2D eigenvalue weighted by Gasteiger charge is 2.20. The molecule has 0 saturated heterocycles. The second kappa shape index (κ2) is 7.16. The van der Waals surface area contributed by atoms with Crippen LogP contribution in [0.5, 0.6) is 11.5 Å². The normalized spacial score (nSPS) is 16.8. The molecule has 146 valence electrons. The predicted octanol–water partition coefficient (Wildman–Crippen LogP) is 3.46. The molecule has 1 fully saturated rings. The Kier molecular flexibility index (Phi) is 4.50. The van der Waals surface area contributed by atoms with Crippen molar-refractivity contribution in [3.63, 3.8) is 0 Å². The molecule has 0 unspecified atom stereocenters. The number of pyridine rings is 1. The fourth-order valence-corrected chi connectivity index (χ4v) is 4.79. The number of benzene rings is 1. The Morgan fingerprint density at radius 2 is 1.96 bits per heavy atom. The summed E-state index contributed by atoms with van der Waals surface area (Å²) < 4.78 is 13.0. The van der Waals surface area contributed by atoms with E-state index in [9.17, 15) is 4.79 Å². The molecule has 0 radical (unpaired) electrons. The number of ether oxygens (including phenoxy) is 2. The van der Waals surface area contributed by atoms with Crippen LogP contribution in [0, 0.1) is 6.92 Å². The Hall–Kier alpha value is -2.48. The lowest BCUT2D eigenvalue weighted by atomic mass is 9.95. The van der Waals surface area contributed by atoms with Crippen LogP contribution in [0.4, 0.5) is 0 Å². The van der Waals surface area contributed by atoms with Crippen LogP contribution in [0.25, 0.3) is 16.6 Å². The van der Waals surface area contributed by atoms with Gasteiger partial charge in [0.1, 0.15) is 0 Å². The topological polar surface area (TPSA) is 77.8 Å². The molecule has 2 aliphatic rings. The Bertz CT molecular complexity index is 1060. The second-order valence-electron chi connectivity index (χ2n) is 7.42. The molecular formula is C20H22N4O3S. The standard InChI is InChI=1S/C20H22N4O3S/c1-12-7-13-8-16-17(27-11-26-16)9-15(13)24-19(12)22-23-20(24)28-10-18(25)21-14-5-3-2-4-6-14/h7-9,14H,2-6,10-11H2,1H3,(H,21,25). The summed E-state index contributed by atoms with van der Waals surface area (Å²) in [6.45, 7) is 2.25. The zero-order valence-electron chi connectivity index (χ0n) is 15.7. The van der Waals surface area contributed by atoms with Gasteiger partial charge in [0.05, 0.1) is 11.3 Å². The Labute approximate surface area is 166 Å². The maximum absolute atomic E-state index is 12.4. The number of amides is 1. The van der Waals surface area contributed by atoms with E-state index < -0.39 is 0 Å². The molecule has 2 aromatic heterocycles. The van der Waals surface area contributed by atoms with Crippen molar-refractivity contribution < 1.29 is 14.3 Å². The zero-order chi connectivity index (χ0) is 19.1. The molecule has 1 amide bonds. The van der Waals surface area contributed by atoms with E-state index in [0.29, 0.717) is 17.0 Å².